The third kappa shape index (κ3) is 3.92. The zero-order valence-corrected chi connectivity index (χ0v) is 9.98. The second kappa shape index (κ2) is 5.98. The molecule has 1 unspecified atom stereocenters. The average Bonchev–Trinajstić information content (AvgIpc) is 2.66. The van der Waals surface area contributed by atoms with Gasteiger partial charge in [0.05, 0.1) is 24.2 Å². The van der Waals surface area contributed by atoms with Gasteiger partial charge >= 0.3 is 0 Å². The fourth-order valence-electron chi connectivity index (χ4n) is 1.45. The Balaban J connectivity index is 2.39. The molecule has 5 nitrogen and oxygen atoms in total. The van der Waals surface area contributed by atoms with E-state index in [0.29, 0.717) is 13.1 Å². The van der Waals surface area contributed by atoms with Crippen LogP contribution in [0.2, 0.25) is 0 Å². The molecule has 0 spiro atoms. The number of nitrogens with zero attached hydrogens (tertiary/aromatic N) is 2. The van der Waals surface area contributed by atoms with Crippen molar-refractivity contribution in [2.75, 3.05) is 13.2 Å². The first-order chi connectivity index (χ1) is 7.59. The van der Waals surface area contributed by atoms with Gasteiger partial charge in [-0.3, -0.25) is 0 Å². The Morgan fingerprint density at radius 1 is 1.56 bits per heavy atom. The van der Waals surface area contributed by atoms with Crippen molar-refractivity contribution >= 4 is 0 Å². The summed E-state index contributed by atoms with van der Waals surface area (Å²) in [5.74, 6) is 0. The maximum Gasteiger partial charge on any atom is 0.0972 e. The van der Waals surface area contributed by atoms with Crippen molar-refractivity contribution in [2.45, 2.75) is 39.0 Å². The Labute approximate surface area is 96.1 Å². The minimum absolute atomic E-state index is 0.242. The van der Waals surface area contributed by atoms with Crippen LogP contribution >= 0.6 is 0 Å². The maximum absolute atomic E-state index is 9.59. The van der Waals surface area contributed by atoms with E-state index in [1.54, 1.807) is 6.92 Å². The van der Waals surface area contributed by atoms with E-state index in [2.05, 4.69) is 21.8 Å². The van der Waals surface area contributed by atoms with Gasteiger partial charge in [-0.1, -0.05) is 6.92 Å². The Morgan fingerprint density at radius 3 is 2.94 bits per heavy atom. The second-order valence-corrected chi connectivity index (χ2v) is 4.34. The lowest BCUT2D eigenvalue weighted by atomic mass is 10.1. The van der Waals surface area contributed by atoms with Crippen LogP contribution in [-0.2, 0) is 13.1 Å². The Hall–Kier alpha value is -0.910. The molecular formula is C11H21N3O2. The number of imidazole rings is 1. The van der Waals surface area contributed by atoms with Gasteiger partial charge in [-0.25, -0.2) is 4.98 Å². The van der Waals surface area contributed by atoms with Gasteiger partial charge in [0.1, 0.15) is 0 Å². The van der Waals surface area contributed by atoms with Crippen LogP contribution < -0.4 is 5.32 Å². The molecule has 1 atom stereocenters. The summed E-state index contributed by atoms with van der Waals surface area (Å²) in [6.07, 6.45) is 4.69. The predicted molar refractivity (Wildman–Crippen MR) is 61.9 cm³/mol. The number of aliphatic hydroxyl groups excluding tert-OH is 1. The smallest absolute Gasteiger partial charge is 0.0972 e. The molecule has 0 bridgehead atoms. The molecule has 1 aromatic rings. The molecule has 0 aromatic carbocycles. The third-order valence-corrected chi connectivity index (χ3v) is 2.42. The van der Waals surface area contributed by atoms with Gasteiger partial charge in [0, 0.05) is 25.8 Å². The number of aromatic nitrogens is 2. The number of rotatable bonds is 7. The monoisotopic (exact) mass is 227 g/mol. The number of nitrogens with one attached hydrogen (secondary N) is 1. The summed E-state index contributed by atoms with van der Waals surface area (Å²) in [4.78, 5) is 4.09. The number of hydrogen-bond donors (Lipinski definition) is 3. The lowest BCUT2D eigenvalue weighted by Crippen LogP contribution is -2.40. The molecule has 0 saturated heterocycles. The topological polar surface area (TPSA) is 70.3 Å². The first-order valence-electron chi connectivity index (χ1n) is 5.62. The fraction of sp³-hybridized carbons (Fsp3) is 0.727. The van der Waals surface area contributed by atoms with Gasteiger partial charge in [-0.15, -0.1) is 0 Å². The quantitative estimate of drug-likeness (QED) is 0.619. The molecule has 0 fully saturated rings. The van der Waals surface area contributed by atoms with Crippen LogP contribution in [0.4, 0.5) is 0 Å². The third-order valence-electron chi connectivity index (χ3n) is 2.42. The van der Waals surface area contributed by atoms with Crippen LogP contribution in [0.25, 0.3) is 0 Å². The molecule has 0 aliphatic rings. The van der Waals surface area contributed by atoms with E-state index in [9.17, 15) is 5.11 Å². The van der Waals surface area contributed by atoms with Gasteiger partial charge < -0.3 is 20.1 Å². The van der Waals surface area contributed by atoms with Crippen molar-refractivity contribution in [1.82, 2.24) is 14.9 Å². The van der Waals surface area contributed by atoms with E-state index in [4.69, 9.17) is 5.11 Å². The Kier molecular flexibility index (Phi) is 4.92. The highest BCUT2D eigenvalue weighted by molar-refractivity contribution is 4.98. The van der Waals surface area contributed by atoms with Crippen LogP contribution in [0, 0.1) is 0 Å². The highest BCUT2D eigenvalue weighted by Crippen LogP contribution is 2.02. The molecule has 0 aliphatic carbocycles. The molecule has 0 amide bonds. The summed E-state index contributed by atoms with van der Waals surface area (Å²) in [5, 5.41) is 21.6. The van der Waals surface area contributed by atoms with E-state index in [-0.39, 0.29) is 6.61 Å². The lowest BCUT2D eigenvalue weighted by molar-refractivity contribution is 0.00244. The van der Waals surface area contributed by atoms with E-state index < -0.39 is 5.60 Å². The number of aliphatic hydroxyl groups is 2. The molecular weight excluding hydrogens is 206 g/mol. The average molecular weight is 227 g/mol. The van der Waals surface area contributed by atoms with Crippen molar-refractivity contribution in [3.63, 3.8) is 0 Å². The molecule has 0 radical (unpaired) electrons. The zero-order chi connectivity index (χ0) is 12.0. The van der Waals surface area contributed by atoms with Crippen LogP contribution in [0.3, 0.4) is 0 Å². The predicted octanol–water partition coefficient (Wildman–Crippen LogP) is 0.126. The number of hydrogen-bond acceptors (Lipinski definition) is 4. The second-order valence-electron chi connectivity index (χ2n) is 4.34. The van der Waals surface area contributed by atoms with Crippen molar-refractivity contribution in [3.8, 4) is 0 Å². The largest absolute Gasteiger partial charge is 0.393 e. The first-order valence-corrected chi connectivity index (χ1v) is 5.62. The summed E-state index contributed by atoms with van der Waals surface area (Å²) in [7, 11) is 0. The van der Waals surface area contributed by atoms with Crippen LogP contribution in [0.15, 0.2) is 12.5 Å². The minimum Gasteiger partial charge on any atom is -0.393 e. The SMILES string of the molecule is CCCn1cncc1CNCC(C)(O)CO. The molecule has 16 heavy (non-hydrogen) atoms. The molecule has 1 heterocycles. The Morgan fingerprint density at radius 2 is 2.31 bits per heavy atom. The standard InChI is InChI=1S/C11H21N3O2/c1-3-4-14-9-13-6-10(14)5-12-7-11(2,16)8-15/h6,9,12,15-16H,3-5,7-8H2,1-2H3. The summed E-state index contributed by atoms with van der Waals surface area (Å²) >= 11 is 0. The minimum atomic E-state index is -1.06. The molecule has 3 N–H and O–H groups in total. The van der Waals surface area contributed by atoms with Gasteiger partial charge in [-0.05, 0) is 13.3 Å². The van der Waals surface area contributed by atoms with E-state index in [1.165, 1.54) is 0 Å². The van der Waals surface area contributed by atoms with Crippen LogP contribution in [-0.4, -0.2) is 38.5 Å². The Bertz CT molecular complexity index is 310. The molecule has 1 rings (SSSR count). The lowest BCUT2D eigenvalue weighted by Gasteiger charge is -2.20. The van der Waals surface area contributed by atoms with Gasteiger partial charge in [0.2, 0.25) is 0 Å². The van der Waals surface area contributed by atoms with Crippen molar-refractivity contribution < 1.29 is 10.2 Å². The normalized spacial score (nSPS) is 15.0. The first kappa shape index (κ1) is 13.2. The molecule has 5 heteroatoms. The van der Waals surface area contributed by atoms with E-state index in [1.807, 2.05) is 12.5 Å². The summed E-state index contributed by atoms with van der Waals surface area (Å²) in [5.41, 5.74) is 0.0332. The molecule has 0 saturated carbocycles. The maximum atomic E-state index is 9.59. The summed E-state index contributed by atoms with van der Waals surface area (Å²) < 4.78 is 2.08. The van der Waals surface area contributed by atoms with Gasteiger partial charge in [0.25, 0.3) is 0 Å². The van der Waals surface area contributed by atoms with Gasteiger partial charge in [-0.2, -0.15) is 0 Å². The highest BCUT2D eigenvalue weighted by atomic mass is 16.3. The number of aryl methyl sites for hydroxylation is 1. The van der Waals surface area contributed by atoms with Crippen LogP contribution in [0.1, 0.15) is 26.0 Å². The van der Waals surface area contributed by atoms with Crippen molar-refractivity contribution in [3.05, 3.63) is 18.2 Å². The summed E-state index contributed by atoms with van der Waals surface area (Å²) in [6.45, 7) is 5.44. The zero-order valence-electron chi connectivity index (χ0n) is 9.98. The molecule has 92 valence electrons. The molecule has 1 aromatic heterocycles. The summed E-state index contributed by atoms with van der Waals surface area (Å²) in [6, 6.07) is 0. The fourth-order valence-corrected chi connectivity index (χ4v) is 1.45. The van der Waals surface area contributed by atoms with Crippen molar-refractivity contribution in [1.29, 1.82) is 0 Å². The molecule has 0 aliphatic heterocycles. The van der Waals surface area contributed by atoms with Crippen LogP contribution in [0.5, 0.6) is 0 Å². The van der Waals surface area contributed by atoms with Crippen molar-refractivity contribution in [2.24, 2.45) is 0 Å². The van der Waals surface area contributed by atoms with E-state index >= 15 is 0 Å². The van der Waals surface area contributed by atoms with E-state index in [0.717, 1.165) is 18.7 Å². The highest BCUT2D eigenvalue weighted by Gasteiger charge is 2.18. The van der Waals surface area contributed by atoms with Gasteiger partial charge in [0.15, 0.2) is 0 Å².